The Morgan fingerprint density at radius 2 is 1.50 bits per heavy atom. The molecular weight excluding hydrogens is 328 g/mol. The van der Waals surface area contributed by atoms with E-state index in [4.69, 9.17) is 5.11 Å². The van der Waals surface area contributed by atoms with Gasteiger partial charge in [0.15, 0.2) is 9.84 Å². The normalized spacial score (nSPS) is 11.5. The number of hydrogen-bond acceptors (Lipinski definition) is 5. The summed E-state index contributed by atoms with van der Waals surface area (Å²) in [6, 6.07) is 6.95. The Morgan fingerprint density at radius 1 is 0.958 bits per heavy atom. The summed E-state index contributed by atoms with van der Waals surface area (Å²) >= 11 is 0. The van der Waals surface area contributed by atoms with E-state index in [1.165, 1.54) is 0 Å². The Morgan fingerprint density at radius 3 is 2.08 bits per heavy atom. The van der Waals surface area contributed by atoms with Gasteiger partial charge in [0.05, 0.1) is 17.1 Å². The van der Waals surface area contributed by atoms with Crippen LogP contribution in [0.3, 0.4) is 0 Å². The van der Waals surface area contributed by atoms with Gasteiger partial charge in [0, 0.05) is 6.54 Å². The van der Waals surface area contributed by atoms with Crippen LogP contribution < -0.4 is 10.6 Å². The molecule has 0 aliphatic carbocycles. The van der Waals surface area contributed by atoms with Crippen molar-refractivity contribution in [3.63, 3.8) is 0 Å². The minimum Gasteiger partial charge on any atom is -0.481 e. The summed E-state index contributed by atoms with van der Waals surface area (Å²) in [5.74, 6) is -0.635. The van der Waals surface area contributed by atoms with Crippen molar-refractivity contribution in [2.45, 2.75) is 37.5 Å². The lowest BCUT2D eigenvalue weighted by molar-refractivity contribution is -0.136. The maximum absolute atomic E-state index is 12.1. The van der Waals surface area contributed by atoms with Crippen LogP contribution in [-0.4, -0.2) is 51.4 Å². The summed E-state index contributed by atoms with van der Waals surface area (Å²) < 4.78 is 24.3. The van der Waals surface area contributed by atoms with Crippen LogP contribution in [0, 0.1) is 6.92 Å². The van der Waals surface area contributed by atoms with Gasteiger partial charge in [0.2, 0.25) is 0 Å². The van der Waals surface area contributed by atoms with Gasteiger partial charge in [-0.25, -0.2) is 8.42 Å². The molecule has 0 unspecified atom stereocenters. The van der Waals surface area contributed by atoms with Crippen LogP contribution >= 0.6 is 0 Å². The van der Waals surface area contributed by atoms with Crippen LogP contribution in [0.1, 0.15) is 31.2 Å². The van der Waals surface area contributed by atoms with Gasteiger partial charge in [-0.1, -0.05) is 17.7 Å². The summed E-state index contributed by atoms with van der Waals surface area (Å²) in [7, 11) is -3.19. The second kappa shape index (κ2) is 11.2. The van der Waals surface area contributed by atoms with Gasteiger partial charge >= 0.3 is 5.97 Å². The van der Waals surface area contributed by atoms with Crippen molar-refractivity contribution in [2.24, 2.45) is 0 Å². The average Bonchev–Trinajstić information content (AvgIpc) is 2.52. The molecule has 24 heavy (non-hydrogen) atoms. The Bertz CT molecular complexity index is 585. The minimum atomic E-state index is -3.19. The molecule has 0 aliphatic rings. The predicted molar refractivity (Wildman–Crippen MR) is 95.1 cm³/mol. The van der Waals surface area contributed by atoms with E-state index in [0.29, 0.717) is 24.4 Å². The molecule has 6 nitrogen and oxygen atoms in total. The van der Waals surface area contributed by atoms with Crippen molar-refractivity contribution in [3.05, 3.63) is 29.8 Å². The van der Waals surface area contributed by atoms with E-state index in [0.717, 1.165) is 31.5 Å². The van der Waals surface area contributed by atoms with E-state index in [2.05, 4.69) is 10.6 Å². The molecule has 0 spiro atoms. The number of carboxylic acids is 1. The zero-order valence-electron chi connectivity index (χ0n) is 14.3. The van der Waals surface area contributed by atoms with E-state index in [1.54, 1.807) is 12.1 Å². The molecule has 0 aromatic heterocycles. The van der Waals surface area contributed by atoms with Crippen LogP contribution in [0.2, 0.25) is 0 Å². The molecule has 1 aromatic carbocycles. The Hall–Kier alpha value is -1.44. The highest BCUT2D eigenvalue weighted by atomic mass is 32.2. The molecule has 0 fully saturated rings. The fraction of sp³-hybridized carbons (Fsp3) is 0.588. The fourth-order valence-electron chi connectivity index (χ4n) is 2.20. The van der Waals surface area contributed by atoms with Crippen molar-refractivity contribution in [1.29, 1.82) is 0 Å². The standard InChI is InChI=1S/C17H28N2O4S/c1-15-5-7-16(8-6-15)24(22,23)14-4-12-18-10-2-3-11-19-13-9-17(20)21/h5-8,18-19H,2-4,9-14H2,1H3,(H,20,21). The molecule has 0 saturated carbocycles. The predicted octanol–water partition coefficient (Wildman–Crippen LogP) is 1.59. The Labute approximate surface area is 144 Å². The molecule has 0 heterocycles. The molecule has 3 N–H and O–H groups in total. The Kier molecular flexibility index (Phi) is 9.59. The lowest BCUT2D eigenvalue weighted by Gasteiger charge is -2.07. The summed E-state index contributed by atoms with van der Waals surface area (Å²) in [6.07, 6.45) is 2.68. The monoisotopic (exact) mass is 356 g/mol. The first-order valence-corrected chi connectivity index (χ1v) is 10.00. The van der Waals surface area contributed by atoms with Crippen LogP contribution in [0.4, 0.5) is 0 Å². The number of carbonyl (C=O) groups is 1. The zero-order valence-corrected chi connectivity index (χ0v) is 15.1. The van der Waals surface area contributed by atoms with Crippen molar-refractivity contribution >= 4 is 15.8 Å². The third-order valence-electron chi connectivity index (χ3n) is 3.62. The number of aliphatic carboxylic acids is 1. The molecule has 0 bridgehead atoms. The molecule has 1 rings (SSSR count). The number of rotatable bonds is 13. The number of benzene rings is 1. The average molecular weight is 356 g/mol. The van der Waals surface area contributed by atoms with Gasteiger partial charge in [-0.2, -0.15) is 0 Å². The van der Waals surface area contributed by atoms with Crippen molar-refractivity contribution < 1.29 is 18.3 Å². The molecule has 7 heteroatoms. The largest absolute Gasteiger partial charge is 0.481 e. The molecular formula is C17H28N2O4S. The summed E-state index contributed by atoms with van der Waals surface area (Å²) in [5, 5.41) is 14.8. The van der Waals surface area contributed by atoms with Crippen molar-refractivity contribution in [3.8, 4) is 0 Å². The Balaban J connectivity index is 2.03. The molecule has 136 valence electrons. The molecule has 0 amide bonds. The van der Waals surface area contributed by atoms with Crippen LogP contribution in [-0.2, 0) is 14.6 Å². The van der Waals surface area contributed by atoms with Gasteiger partial charge in [-0.05, 0) is 58.0 Å². The van der Waals surface area contributed by atoms with Gasteiger partial charge in [-0.3, -0.25) is 4.79 Å². The zero-order chi connectivity index (χ0) is 17.8. The summed E-state index contributed by atoms with van der Waals surface area (Å²) in [4.78, 5) is 10.7. The van der Waals surface area contributed by atoms with Gasteiger partial charge < -0.3 is 15.7 Å². The first-order valence-electron chi connectivity index (χ1n) is 8.34. The summed E-state index contributed by atoms with van der Waals surface area (Å²) in [6.45, 7) is 4.75. The van der Waals surface area contributed by atoms with E-state index < -0.39 is 15.8 Å². The topological polar surface area (TPSA) is 95.5 Å². The highest BCUT2D eigenvalue weighted by Gasteiger charge is 2.13. The number of sulfone groups is 1. The third kappa shape index (κ3) is 9.00. The van der Waals surface area contributed by atoms with Gasteiger partial charge in [-0.15, -0.1) is 0 Å². The maximum atomic E-state index is 12.1. The minimum absolute atomic E-state index is 0.147. The smallest absolute Gasteiger partial charge is 0.304 e. The molecule has 0 radical (unpaired) electrons. The molecule has 0 saturated heterocycles. The van der Waals surface area contributed by atoms with Crippen LogP contribution in [0.5, 0.6) is 0 Å². The van der Waals surface area contributed by atoms with E-state index in [-0.39, 0.29) is 12.2 Å². The molecule has 0 aliphatic heterocycles. The fourth-order valence-corrected chi connectivity index (χ4v) is 3.51. The first kappa shape index (κ1) is 20.6. The van der Waals surface area contributed by atoms with E-state index in [1.807, 2.05) is 19.1 Å². The number of unbranched alkanes of at least 4 members (excludes halogenated alkanes) is 1. The number of aryl methyl sites for hydroxylation is 1. The third-order valence-corrected chi connectivity index (χ3v) is 5.44. The maximum Gasteiger partial charge on any atom is 0.304 e. The van der Waals surface area contributed by atoms with Crippen molar-refractivity contribution in [2.75, 3.05) is 31.9 Å². The second-order valence-corrected chi connectivity index (χ2v) is 7.95. The van der Waals surface area contributed by atoms with Gasteiger partial charge in [0.1, 0.15) is 0 Å². The van der Waals surface area contributed by atoms with Gasteiger partial charge in [0.25, 0.3) is 0 Å². The van der Waals surface area contributed by atoms with E-state index >= 15 is 0 Å². The number of hydrogen-bond donors (Lipinski definition) is 3. The second-order valence-electron chi connectivity index (χ2n) is 5.84. The lowest BCUT2D eigenvalue weighted by atomic mass is 10.2. The lowest BCUT2D eigenvalue weighted by Crippen LogP contribution is -2.22. The number of carboxylic acid groups (broad SMARTS) is 1. The highest BCUT2D eigenvalue weighted by Crippen LogP contribution is 2.12. The highest BCUT2D eigenvalue weighted by molar-refractivity contribution is 7.91. The van der Waals surface area contributed by atoms with Crippen LogP contribution in [0.15, 0.2) is 29.2 Å². The van der Waals surface area contributed by atoms with Crippen LogP contribution in [0.25, 0.3) is 0 Å². The summed E-state index contributed by atoms with van der Waals surface area (Å²) in [5.41, 5.74) is 1.05. The first-order chi connectivity index (χ1) is 11.4. The van der Waals surface area contributed by atoms with E-state index in [9.17, 15) is 13.2 Å². The molecule has 1 aromatic rings. The SMILES string of the molecule is Cc1ccc(S(=O)(=O)CCCNCCCCNCCC(=O)O)cc1. The molecule has 0 atom stereocenters. The number of nitrogens with one attached hydrogen (secondary N) is 2. The van der Waals surface area contributed by atoms with Crippen molar-refractivity contribution in [1.82, 2.24) is 10.6 Å². The quantitative estimate of drug-likeness (QED) is 0.465.